The number of amides is 1. The number of carbonyl (C=O) groups excluding carboxylic acids is 1. The number of carbonyl (C=O) groups is 1. The summed E-state index contributed by atoms with van der Waals surface area (Å²) in [4.78, 5) is 18.9. The maximum absolute atomic E-state index is 13.1. The molecule has 6 heteroatoms. The summed E-state index contributed by atoms with van der Waals surface area (Å²) in [6, 6.07) is 16.7. The number of rotatable bonds is 4. The fourth-order valence-electron chi connectivity index (χ4n) is 4.33. The molecule has 0 unspecified atom stereocenters. The molecule has 0 saturated carbocycles. The van der Waals surface area contributed by atoms with Crippen molar-refractivity contribution in [2.45, 2.75) is 25.2 Å². The van der Waals surface area contributed by atoms with Crippen molar-refractivity contribution in [3.8, 4) is 0 Å². The van der Waals surface area contributed by atoms with E-state index in [-0.39, 0.29) is 11.9 Å². The standard InChI is InChI=1S/C21H20ClN3OS/c22-16-7-5-15(6-8-16)11-23-13-19-20(14-23)25(12-17-3-2-10-27-17)21(26)18-4-1-9-24(18)19/h1-10,19-20H,11-14H2/t19-,20-/m0/s1. The lowest BCUT2D eigenvalue weighted by Crippen LogP contribution is -2.49. The zero-order valence-corrected chi connectivity index (χ0v) is 16.4. The zero-order valence-electron chi connectivity index (χ0n) is 14.8. The second kappa shape index (κ2) is 6.82. The van der Waals surface area contributed by atoms with Crippen molar-refractivity contribution < 1.29 is 4.79 Å². The summed E-state index contributed by atoms with van der Waals surface area (Å²) in [6.07, 6.45) is 2.05. The highest BCUT2D eigenvalue weighted by molar-refractivity contribution is 7.09. The molecule has 1 fully saturated rings. The Balaban J connectivity index is 1.42. The summed E-state index contributed by atoms with van der Waals surface area (Å²) in [5.41, 5.74) is 2.06. The first-order valence-electron chi connectivity index (χ1n) is 9.16. The Morgan fingerprint density at radius 3 is 2.59 bits per heavy atom. The number of thiophene rings is 1. The van der Waals surface area contributed by atoms with Gasteiger partial charge >= 0.3 is 0 Å². The molecule has 27 heavy (non-hydrogen) atoms. The molecule has 0 aliphatic carbocycles. The number of aromatic nitrogens is 1. The minimum atomic E-state index is 0.142. The van der Waals surface area contributed by atoms with Gasteiger partial charge in [0.1, 0.15) is 5.69 Å². The van der Waals surface area contributed by atoms with Crippen LogP contribution in [0.4, 0.5) is 0 Å². The summed E-state index contributed by atoms with van der Waals surface area (Å²) in [7, 11) is 0. The molecule has 0 radical (unpaired) electrons. The van der Waals surface area contributed by atoms with E-state index in [1.54, 1.807) is 11.3 Å². The van der Waals surface area contributed by atoms with Gasteiger partial charge in [-0.2, -0.15) is 0 Å². The Kier molecular flexibility index (Phi) is 4.31. The second-order valence-corrected chi connectivity index (χ2v) is 8.74. The summed E-state index contributed by atoms with van der Waals surface area (Å²) >= 11 is 7.73. The fraction of sp³-hybridized carbons (Fsp3) is 0.286. The Labute approximate surface area is 167 Å². The number of fused-ring (bicyclic) bond motifs is 3. The second-order valence-electron chi connectivity index (χ2n) is 7.27. The molecule has 2 aliphatic rings. The molecule has 4 nitrogen and oxygen atoms in total. The van der Waals surface area contributed by atoms with Gasteiger partial charge < -0.3 is 9.47 Å². The highest BCUT2D eigenvalue weighted by Gasteiger charge is 2.44. The molecule has 138 valence electrons. The van der Waals surface area contributed by atoms with Gasteiger partial charge in [0.2, 0.25) is 0 Å². The molecule has 0 bridgehead atoms. The van der Waals surface area contributed by atoms with Crippen LogP contribution in [0.1, 0.15) is 27.0 Å². The van der Waals surface area contributed by atoms with Crippen LogP contribution in [0.15, 0.2) is 60.1 Å². The first-order chi connectivity index (χ1) is 13.2. The quantitative estimate of drug-likeness (QED) is 0.657. The third-order valence-corrected chi connectivity index (χ3v) is 6.69. The van der Waals surface area contributed by atoms with Crippen LogP contribution in [0.25, 0.3) is 0 Å². The highest BCUT2D eigenvalue weighted by Crippen LogP contribution is 2.35. The zero-order chi connectivity index (χ0) is 18.4. The van der Waals surface area contributed by atoms with Gasteiger partial charge in [-0.1, -0.05) is 29.8 Å². The van der Waals surface area contributed by atoms with Crippen LogP contribution in [0.5, 0.6) is 0 Å². The van der Waals surface area contributed by atoms with Crippen LogP contribution in [-0.4, -0.2) is 39.4 Å². The molecular weight excluding hydrogens is 378 g/mol. The minimum Gasteiger partial charge on any atom is -0.337 e. The van der Waals surface area contributed by atoms with Crippen LogP contribution < -0.4 is 0 Å². The maximum atomic E-state index is 13.1. The van der Waals surface area contributed by atoms with Gasteiger partial charge in [0.25, 0.3) is 5.91 Å². The summed E-state index contributed by atoms with van der Waals surface area (Å²) in [6.45, 7) is 3.41. The number of likely N-dealkylation sites (tertiary alicyclic amines) is 1. The van der Waals surface area contributed by atoms with E-state index in [1.807, 2.05) is 24.3 Å². The van der Waals surface area contributed by atoms with Crippen LogP contribution >= 0.6 is 22.9 Å². The van der Waals surface area contributed by atoms with E-state index in [1.165, 1.54) is 10.4 Å². The average molecular weight is 398 g/mol. The number of halogens is 1. The molecule has 4 heterocycles. The number of hydrogen-bond acceptors (Lipinski definition) is 3. The lowest BCUT2D eigenvalue weighted by Gasteiger charge is -2.38. The third kappa shape index (κ3) is 3.10. The first-order valence-corrected chi connectivity index (χ1v) is 10.4. The van der Waals surface area contributed by atoms with Crippen LogP contribution in [0, 0.1) is 0 Å². The van der Waals surface area contributed by atoms with Crippen molar-refractivity contribution in [3.63, 3.8) is 0 Å². The van der Waals surface area contributed by atoms with Crippen LogP contribution in [0.3, 0.4) is 0 Å². The molecule has 5 rings (SSSR count). The molecule has 2 aromatic heterocycles. The molecule has 1 saturated heterocycles. The minimum absolute atomic E-state index is 0.142. The molecule has 3 aromatic rings. The van der Waals surface area contributed by atoms with Crippen molar-refractivity contribution in [1.29, 1.82) is 0 Å². The topological polar surface area (TPSA) is 28.5 Å². The smallest absolute Gasteiger partial charge is 0.271 e. The van der Waals surface area contributed by atoms with E-state index in [9.17, 15) is 4.79 Å². The SMILES string of the molecule is O=C1c2cccn2[C@H]2CN(Cc3ccc(Cl)cc3)C[C@@H]2N1Cc1cccs1. The van der Waals surface area contributed by atoms with Crippen molar-refractivity contribution in [2.75, 3.05) is 13.1 Å². The molecule has 2 atom stereocenters. The first kappa shape index (κ1) is 17.0. The van der Waals surface area contributed by atoms with Crippen molar-refractivity contribution in [1.82, 2.24) is 14.4 Å². The van der Waals surface area contributed by atoms with Crippen LogP contribution in [-0.2, 0) is 13.1 Å². The predicted octanol–water partition coefficient (Wildman–Crippen LogP) is 4.28. The molecule has 1 aromatic carbocycles. The van der Waals surface area contributed by atoms with Crippen molar-refractivity contribution in [3.05, 3.63) is 81.3 Å². The van der Waals surface area contributed by atoms with E-state index in [4.69, 9.17) is 11.6 Å². The molecule has 0 N–H and O–H groups in total. The van der Waals surface area contributed by atoms with Gasteiger partial charge in [-0.25, -0.2) is 0 Å². The van der Waals surface area contributed by atoms with Gasteiger partial charge in [-0.15, -0.1) is 11.3 Å². The summed E-state index contributed by atoms with van der Waals surface area (Å²) in [5.74, 6) is 0.142. The van der Waals surface area contributed by atoms with E-state index >= 15 is 0 Å². The third-order valence-electron chi connectivity index (χ3n) is 5.58. The lowest BCUT2D eigenvalue weighted by atomic mass is 10.1. The van der Waals surface area contributed by atoms with Crippen molar-refractivity contribution in [2.24, 2.45) is 0 Å². The Hall–Kier alpha value is -2.08. The molecule has 2 aliphatic heterocycles. The van der Waals surface area contributed by atoms with Gasteiger partial charge in [-0.3, -0.25) is 9.69 Å². The lowest BCUT2D eigenvalue weighted by molar-refractivity contribution is 0.0559. The van der Waals surface area contributed by atoms with Gasteiger partial charge in [0.15, 0.2) is 0 Å². The monoisotopic (exact) mass is 397 g/mol. The van der Waals surface area contributed by atoms with E-state index in [0.717, 1.165) is 30.4 Å². The number of benzene rings is 1. The predicted molar refractivity (Wildman–Crippen MR) is 108 cm³/mol. The number of nitrogens with zero attached hydrogens (tertiary/aromatic N) is 3. The maximum Gasteiger partial charge on any atom is 0.271 e. The Bertz CT molecular complexity index is 950. The Morgan fingerprint density at radius 1 is 1.00 bits per heavy atom. The molecule has 0 spiro atoms. The molecular formula is C21H20ClN3OS. The molecule has 1 amide bonds. The highest BCUT2D eigenvalue weighted by atomic mass is 35.5. The van der Waals surface area contributed by atoms with Gasteiger partial charge in [0, 0.05) is 35.7 Å². The van der Waals surface area contributed by atoms with E-state index < -0.39 is 0 Å². The summed E-state index contributed by atoms with van der Waals surface area (Å²) in [5, 5.41) is 2.84. The van der Waals surface area contributed by atoms with E-state index in [0.29, 0.717) is 12.6 Å². The fourth-order valence-corrected chi connectivity index (χ4v) is 5.15. The summed E-state index contributed by atoms with van der Waals surface area (Å²) < 4.78 is 2.18. The van der Waals surface area contributed by atoms with Crippen LogP contribution in [0.2, 0.25) is 5.02 Å². The average Bonchev–Trinajstić information content (AvgIpc) is 3.40. The largest absolute Gasteiger partial charge is 0.337 e. The van der Waals surface area contributed by atoms with Gasteiger partial charge in [-0.05, 0) is 41.3 Å². The number of hydrogen-bond donors (Lipinski definition) is 0. The normalized spacial score (nSPS) is 22.1. The Morgan fingerprint density at radius 2 is 1.81 bits per heavy atom. The van der Waals surface area contributed by atoms with E-state index in [2.05, 4.69) is 50.2 Å². The van der Waals surface area contributed by atoms with Crippen molar-refractivity contribution >= 4 is 28.8 Å². The van der Waals surface area contributed by atoms with Gasteiger partial charge in [0.05, 0.1) is 18.6 Å².